The molecule has 0 aromatic carbocycles. The highest BCUT2D eigenvalue weighted by Crippen LogP contribution is 2.31. The first kappa shape index (κ1) is 13.5. The van der Waals surface area contributed by atoms with Gasteiger partial charge in [-0.05, 0) is 71.0 Å². The fourth-order valence-electron chi connectivity index (χ4n) is 2.79. The molecule has 0 bridgehead atoms. The largest absolute Gasteiger partial charge is 0.309 e. The van der Waals surface area contributed by atoms with E-state index in [1.165, 1.54) is 50.9 Å². The zero-order valence-corrected chi connectivity index (χ0v) is 11.7. The van der Waals surface area contributed by atoms with Gasteiger partial charge in [-0.2, -0.15) is 0 Å². The summed E-state index contributed by atoms with van der Waals surface area (Å²) in [6, 6.07) is 4.88. The minimum atomic E-state index is 0.609. The molecule has 0 aliphatic carbocycles. The van der Waals surface area contributed by atoms with E-state index in [2.05, 4.69) is 41.0 Å². The number of nitrogens with zero attached hydrogens (tertiary/aromatic N) is 3. The first-order chi connectivity index (χ1) is 8.77. The Bertz CT molecular complexity index is 337. The van der Waals surface area contributed by atoms with Crippen LogP contribution in [0.1, 0.15) is 37.3 Å². The molecule has 0 saturated carbocycles. The van der Waals surface area contributed by atoms with E-state index in [-0.39, 0.29) is 0 Å². The molecule has 1 aliphatic heterocycles. The van der Waals surface area contributed by atoms with Crippen molar-refractivity contribution in [1.29, 1.82) is 0 Å². The van der Waals surface area contributed by atoms with Gasteiger partial charge in [-0.25, -0.2) is 0 Å². The van der Waals surface area contributed by atoms with E-state index >= 15 is 0 Å². The average Bonchev–Trinajstić information content (AvgIpc) is 2.84. The van der Waals surface area contributed by atoms with Crippen molar-refractivity contribution >= 4 is 0 Å². The van der Waals surface area contributed by atoms with Crippen LogP contribution >= 0.6 is 0 Å². The van der Waals surface area contributed by atoms with Crippen LogP contribution in [0.25, 0.3) is 0 Å². The number of unbranched alkanes of at least 4 members (excludes halogenated alkanes) is 1. The van der Waals surface area contributed by atoms with Crippen molar-refractivity contribution in [3.05, 3.63) is 30.1 Å². The van der Waals surface area contributed by atoms with Crippen LogP contribution in [0.15, 0.2) is 24.5 Å². The Labute approximate surface area is 111 Å². The van der Waals surface area contributed by atoms with Crippen LogP contribution in [0.3, 0.4) is 0 Å². The van der Waals surface area contributed by atoms with E-state index < -0.39 is 0 Å². The van der Waals surface area contributed by atoms with Crippen LogP contribution in [0.5, 0.6) is 0 Å². The van der Waals surface area contributed by atoms with Gasteiger partial charge in [-0.1, -0.05) is 6.07 Å². The second kappa shape index (κ2) is 6.86. The van der Waals surface area contributed by atoms with E-state index in [9.17, 15) is 0 Å². The molecule has 1 unspecified atom stereocenters. The van der Waals surface area contributed by atoms with E-state index in [1.54, 1.807) is 0 Å². The number of pyridine rings is 1. The number of aromatic nitrogens is 1. The molecular weight excluding hydrogens is 222 g/mol. The highest BCUT2D eigenvalue weighted by Gasteiger charge is 2.25. The molecule has 0 amide bonds. The monoisotopic (exact) mass is 247 g/mol. The lowest BCUT2D eigenvalue weighted by atomic mass is 10.1. The molecule has 18 heavy (non-hydrogen) atoms. The van der Waals surface area contributed by atoms with Crippen molar-refractivity contribution in [2.24, 2.45) is 0 Å². The number of hydrogen-bond acceptors (Lipinski definition) is 3. The second-order valence-corrected chi connectivity index (χ2v) is 5.49. The van der Waals surface area contributed by atoms with E-state index in [0.29, 0.717) is 6.04 Å². The highest BCUT2D eigenvalue weighted by molar-refractivity contribution is 5.15. The van der Waals surface area contributed by atoms with Gasteiger partial charge in [0.2, 0.25) is 0 Å². The van der Waals surface area contributed by atoms with Gasteiger partial charge in [0.05, 0.1) is 0 Å². The molecule has 3 heteroatoms. The standard InChI is InChI=1S/C15H25N3/c1-17(2)10-3-4-11-18-12-6-8-15(18)14-7-5-9-16-13-14/h5,7,9,13,15H,3-4,6,8,10-12H2,1-2H3. The summed E-state index contributed by atoms with van der Waals surface area (Å²) >= 11 is 0. The fraction of sp³-hybridized carbons (Fsp3) is 0.667. The third kappa shape index (κ3) is 3.79. The summed E-state index contributed by atoms with van der Waals surface area (Å²) in [5.74, 6) is 0. The summed E-state index contributed by atoms with van der Waals surface area (Å²) in [7, 11) is 4.29. The topological polar surface area (TPSA) is 19.4 Å². The zero-order valence-electron chi connectivity index (χ0n) is 11.7. The summed E-state index contributed by atoms with van der Waals surface area (Å²) in [5.41, 5.74) is 1.39. The van der Waals surface area contributed by atoms with Crippen molar-refractivity contribution in [2.45, 2.75) is 31.7 Å². The van der Waals surface area contributed by atoms with Crippen LogP contribution in [-0.4, -0.2) is 48.5 Å². The quantitative estimate of drug-likeness (QED) is 0.720. The average molecular weight is 247 g/mol. The van der Waals surface area contributed by atoms with Crippen LogP contribution in [-0.2, 0) is 0 Å². The van der Waals surface area contributed by atoms with E-state index in [4.69, 9.17) is 0 Å². The molecule has 2 rings (SSSR count). The lowest BCUT2D eigenvalue weighted by Crippen LogP contribution is -2.25. The highest BCUT2D eigenvalue weighted by atomic mass is 15.2. The number of likely N-dealkylation sites (tertiary alicyclic amines) is 1. The van der Waals surface area contributed by atoms with Crippen LogP contribution in [0.2, 0.25) is 0 Å². The van der Waals surface area contributed by atoms with E-state index in [0.717, 1.165) is 0 Å². The van der Waals surface area contributed by atoms with Gasteiger partial charge >= 0.3 is 0 Å². The van der Waals surface area contributed by atoms with Gasteiger partial charge in [0.25, 0.3) is 0 Å². The predicted octanol–water partition coefficient (Wildman–Crippen LogP) is 2.56. The molecule has 1 aliphatic rings. The minimum Gasteiger partial charge on any atom is -0.309 e. The van der Waals surface area contributed by atoms with Crippen LogP contribution in [0, 0.1) is 0 Å². The van der Waals surface area contributed by atoms with Crippen LogP contribution in [0.4, 0.5) is 0 Å². The Balaban J connectivity index is 1.81. The smallest absolute Gasteiger partial charge is 0.0363 e. The Hall–Kier alpha value is -0.930. The maximum absolute atomic E-state index is 4.25. The summed E-state index contributed by atoms with van der Waals surface area (Å²) in [6.45, 7) is 3.68. The molecular formula is C15H25N3. The third-order valence-electron chi connectivity index (χ3n) is 3.73. The normalized spacial score (nSPS) is 20.7. The maximum Gasteiger partial charge on any atom is 0.0363 e. The summed E-state index contributed by atoms with van der Waals surface area (Å²) in [4.78, 5) is 9.15. The molecule has 1 atom stereocenters. The van der Waals surface area contributed by atoms with Gasteiger partial charge in [0.15, 0.2) is 0 Å². The summed E-state index contributed by atoms with van der Waals surface area (Å²) in [5, 5.41) is 0. The van der Waals surface area contributed by atoms with Crippen molar-refractivity contribution in [1.82, 2.24) is 14.8 Å². The lowest BCUT2D eigenvalue weighted by Gasteiger charge is -2.24. The van der Waals surface area contributed by atoms with Crippen molar-refractivity contribution in [3.8, 4) is 0 Å². The maximum atomic E-state index is 4.25. The summed E-state index contributed by atoms with van der Waals surface area (Å²) in [6.07, 6.45) is 9.10. The van der Waals surface area contributed by atoms with Gasteiger partial charge in [0.1, 0.15) is 0 Å². The Kier molecular flexibility index (Phi) is 5.14. The third-order valence-corrected chi connectivity index (χ3v) is 3.73. The SMILES string of the molecule is CN(C)CCCCN1CCCC1c1cccnc1. The molecule has 3 nitrogen and oxygen atoms in total. The van der Waals surface area contributed by atoms with Crippen molar-refractivity contribution in [2.75, 3.05) is 33.7 Å². The van der Waals surface area contributed by atoms with Gasteiger partial charge in [-0.3, -0.25) is 9.88 Å². The molecule has 2 heterocycles. The predicted molar refractivity (Wildman–Crippen MR) is 75.6 cm³/mol. The summed E-state index contributed by atoms with van der Waals surface area (Å²) < 4.78 is 0. The fourth-order valence-corrected chi connectivity index (χ4v) is 2.79. The molecule has 1 aromatic heterocycles. The van der Waals surface area contributed by atoms with E-state index in [1.807, 2.05) is 12.4 Å². The first-order valence-corrected chi connectivity index (χ1v) is 7.06. The molecule has 1 aromatic rings. The minimum absolute atomic E-state index is 0.609. The molecule has 1 fully saturated rings. The number of rotatable bonds is 6. The molecule has 0 radical (unpaired) electrons. The van der Waals surface area contributed by atoms with Gasteiger partial charge < -0.3 is 4.90 Å². The number of hydrogen-bond donors (Lipinski definition) is 0. The van der Waals surface area contributed by atoms with Crippen molar-refractivity contribution in [3.63, 3.8) is 0 Å². The molecule has 100 valence electrons. The molecule has 0 spiro atoms. The van der Waals surface area contributed by atoms with Gasteiger partial charge in [0, 0.05) is 18.4 Å². The Morgan fingerprint density at radius 2 is 2.28 bits per heavy atom. The first-order valence-electron chi connectivity index (χ1n) is 7.06. The zero-order chi connectivity index (χ0) is 12.8. The van der Waals surface area contributed by atoms with Gasteiger partial charge in [-0.15, -0.1) is 0 Å². The Morgan fingerprint density at radius 1 is 1.39 bits per heavy atom. The van der Waals surface area contributed by atoms with Crippen molar-refractivity contribution < 1.29 is 0 Å². The molecule has 0 N–H and O–H groups in total. The second-order valence-electron chi connectivity index (χ2n) is 5.49. The molecule has 1 saturated heterocycles. The lowest BCUT2D eigenvalue weighted by molar-refractivity contribution is 0.246. The Morgan fingerprint density at radius 3 is 3.00 bits per heavy atom. The van der Waals surface area contributed by atoms with Crippen LogP contribution < -0.4 is 0 Å².